The molecule has 4 aromatic rings. The minimum atomic E-state index is -2.87. The second-order valence-electron chi connectivity index (χ2n) is 9.49. The fourth-order valence-electron chi connectivity index (χ4n) is 4.68. The summed E-state index contributed by atoms with van der Waals surface area (Å²) < 4.78 is 31.3. The van der Waals surface area contributed by atoms with E-state index in [-0.39, 0.29) is 11.7 Å². The van der Waals surface area contributed by atoms with Crippen LogP contribution in [0.1, 0.15) is 15.9 Å². The number of benzene rings is 2. The van der Waals surface area contributed by atoms with Gasteiger partial charge in [0.25, 0.3) is 5.91 Å². The quantitative estimate of drug-likeness (QED) is 0.335. The summed E-state index contributed by atoms with van der Waals surface area (Å²) in [6.07, 6.45) is 5.15. The number of ether oxygens (including phenoxy) is 1. The number of fused-ring (bicyclic) bond motifs is 1. The Bertz CT molecular complexity index is 1440. The molecule has 11 heteroatoms. The van der Waals surface area contributed by atoms with Crippen LogP contribution in [0.2, 0.25) is 0 Å². The topological polar surface area (TPSA) is 87.0 Å². The number of amides is 1. The number of hydrogen-bond donors (Lipinski definition) is 2. The van der Waals surface area contributed by atoms with Crippen molar-refractivity contribution in [1.29, 1.82) is 0 Å². The number of hydrogen-bond acceptors (Lipinski definition) is 7. The van der Waals surface area contributed by atoms with Crippen molar-refractivity contribution < 1.29 is 18.3 Å². The molecule has 2 aromatic heterocycles. The van der Waals surface area contributed by atoms with E-state index >= 15 is 0 Å². The summed E-state index contributed by atoms with van der Waals surface area (Å²) in [6.45, 7) is 4.56. The summed E-state index contributed by atoms with van der Waals surface area (Å²) >= 11 is 0. The van der Waals surface area contributed by atoms with Gasteiger partial charge < -0.3 is 20.3 Å². The molecule has 9 nitrogen and oxygen atoms in total. The number of likely N-dealkylation sites (N-methyl/N-ethyl adjacent to an activating group) is 1. The molecule has 1 aliphatic rings. The summed E-state index contributed by atoms with van der Waals surface area (Å²) in [7, 11) is 1.84. The number of aryl methyl sites for hydroxylation is 1. The van der Waals surface area contributed by atoms with Gasteiger partial charge in [-0.15, -0.1) is 0 Å². The molecule has 1 aliphatic heterocycles. The molecular weight excluding hydrogens is 504 g/mol. The monoisotopic (exact) mass is 535 g/mol. The number of halogens is 2. The van der Waals surface area contributed by atoms with Crippen LogP contribution >= 0.6 is 0 Å². The van der Waals surface area contributed by atoms with Crippen molar-refractivity contribution in [1.82, 2.24) is 29.5 Å². The number of nitrogens with one attached hydrogen (secondary N) is 2. The number of imidazole rings is 1. The maximum atomic E-state index is 13.1. The van der Waals surface area contributed by atoms with Crippen molar-refractivity contribution in [2.45, 2.75) is 13.5 Å². The zero-order valence-electron chi connectivity index (χ0n) is 21.9. The van der Waals surface area contributed by atoms with Crippen LogP contribution < -0.4 is 15.4 Å². The maximum absolute atomic E-state index is 13.1. The molecule has 3 heterocycles. The standard InChI is InChI=1S/C28H31F2N7O2/c1-19-17-21(5-8-23(19)27(38)35(2)15-16-36-12-9-31-10-13-36)34-25-26-33-18-24(37(26)14-11-32-25)20-3-6-22(7-4-20)39-28(29)30/h3-8,11,14,17-18,28,31H,9-10,12-13,15-16H2,1-2H3,(H,32,34). The Hall–Kier alpha value is -4.09. The lowest BCUT2D eigenvalue weighted by Crippen LogP contribution is -2.46. The predicted octanol–water partition coefficient (Wildman–Crippen LogP) is 4.03. The van der Waals surface area contributed by atoms with E-state index in [1.807, 2.05) is 36.6 Å². The minimum absolute atomic E-state index is 0.00252. The van der Waals surface area contributed by atoms with Gasteiger partial charge in [-0.05, 0) is 55.0 Å². The van der Waals surface area contributed by atoms with Crippen LogP contribution in [0.25, 0.3) is 16.9 Å². The average molecular weight is 536 g/mol. The number of nitrogens with zero attached hydrogens (tertiary/aromatic N) is 5. The molecule has 1 saturated heterocycles. The van der Waals surface area contributed by atoms with Gasteiger partial charge in [0.2, 0.25) is 0 Å². The highest BCUT2D eigenvalue weighted by atomic mass is 19.3. The molecule has 1 fully saturated rings. The zero-order valence-corrected chi connectivity index (χ0v) is 21.9. The third-order valence-corrected chi connectivity index (χ3v) is 6.83. The first-order valence-corrected chi connectivity index (χ1v) is 12.8. The molecule has 0 bridgehead atoms. The first-order valence-electron chi connectivity index (χ1n) is 12.8. The summed E-state index contributed by atoms with van der Waals surface area (Å²) in [5.41, 5.74) is 4.48. The molecule has 0 saturated carbocycles. The fraction of sp³-hybridized carbons (Fsp3) is 0.321. The SMILES string of the molecule is Cc1cc(Nc2nccn3c(-c4ccc(OC(F)F)cc4)cnc23)ccc1C(=O)N(C)CCN1CCNCC1. The Morgan fingerprint density at radius 2 is 1.92 bits per heavy atom. The highest BCUT2D eigenvalue weighted by Crippen LogP contribution is 2.27. The van der Waals surface area contributed by atoms with E-state index in [0.717, 1.165) is 55.2 Å². The lowest BCUT2D eigenvalue weighted by molar-refractivity contribution is -0.0498. The van der Waals surface area contributed by atoms with Gasteiger partial charge >= 0.3 is 6.61 Å². The van der Waals surface area contributed by atoms with E-state index in [4.69, 9.17) is 0 Å². The van der Waals surface area contributed by atoms with Crippen LogP contribution in [0.3, 0.4) is 0 Å². The van der Waals surface area contributed by atoms with E-state index < -0.39 is 6.61 Å². The number of piperazine rings is 1. The molecule has 0 radical (unpaired) electrons. The molecule has 204 valence electrons. The van der Waals surface area contributed by atoms with Gasteiger partial charge in [0.05, 0.1) is 11.9 Å². The van der Waals surface area contributed by atoms with Gasteiger partial charge in [-0.3, -0.25) is 14.1 Å². The normalized spacial score (nSPS) is 14.1. The number of aromatic nitrogens is 3. The number of carbonyl (C=O) groups excluding carboxylic acids is 1. The molecule has 5 rings (SSSR count). The number of anilines is 2. The number of rotatable bonds is 9. The summed E-state index contributed by atoms with van der Waals surface area (Å²) in [4.78, 5) is 26.2. The number of carbonyl (C=O) groups is 1. The van der Waals surface area contributed by atoms with E-state index in [0.29, 0.717) is 23.6 Å². The molecule has 39 heavy (non-hydrogen) atoms. The van der Waals surface area contributed by atoms with Crippen molar-refractivity contribution >= 4 is 23.1 Å². The highest BCUT2D eigenvalue weighted by Gasteiger charge is 2.17. The maximum Gasteiger partial charge on any atom is 0.387 e. The first-order chi connectivity index (χ1) is 18.9. The van der Waals surface area contributed by atoms with E-state index in [1.54, 1.807) is 35.6 Å². The molecule has 2 N–H and O–H groups in total. The van der Waals surface area contributed by atoms with Crippen LogP contribution in [0, 0.1) is 6.92 Å². The molecule has 2 aromatic carbocycles. The van der Waals surface area contributed by atoms with Gasteiger partial charge in [-0.1, -0.05) is 0 Å². The molecule has 0 spiro atoms. The van der Waals surface area contributed by atoms with Crippen molar-refractivity contribution in [2.75, 3.05) is 51.6 Å². The van der Waals surface area contributed by atoms with Gasteiger partial charge in [-0.2, -0.15) is 8.78 Å². The average Bonchev–Trinajstić information content (AvgIpc) is 3.37. The summed E-state index contributed by atoms with van der Waals surface area (Å²) in [5, 5.41) is 6.65. The lowest BCUT2D eigenvalue weighted by Gasteiger charge is -2.29. The van der Waals surface area contributed by atoms with E-state index in [1.165, 1.54) is 12.1 Å². The van der Waals surface area contributed by atoms with Crippen molar-refractivity contribution in [2.24, 2.45) is 0 Å². The molecule has 0 atom stereocenters. The minimum Gasteiger partial charge on any atom is -0.435 e. The smallest absolute Gasteiger partial charge is 0.387 e. The van der Waals surface area contributed by atoms with Crippen molar-refractivity contribution in [3.8, 4) is 17.0 Å². The zero-order chi connectivity index (χ0) is 27.4. The summed E-state index contributed by atoms with van der Waals surface area (Å²) in [5.74, 6) is 0.639. The molecule has 0 aliphatic carbocycles. The van der Waals surface area contributed by atoms with E-state index in [2.05, 4.69) is 30.2 Å². The lowest BCUT2D eigenvalue weighted by atomic mass is 10.1. The predicted molar refractivity (Wildman–Crippen MR) is 146 cm³/mol. The van der Waals surface area contributed by atoms with Crippen LogP contribution in [0.5, 0.6) is 5.75 Å². The van der Waals surface area contributed by atoms with Gasteiger partial charge in [0.15, 0.2) is 11.5 Å². The third-order valence-electron chi connectivity index (χ3n) is 6.83. The molecule has 0 unspecified atom stereocenters. The van der Waals surface area contributed by atoms with E-state index in [9.17, 15) is 13.6 Å². The Labute approximate surface area is 225 Å². The molecule has 1 amide bonds. The second-order valence-corrected chi connectivity index (χ2v) is 9.49. The Morgan fingerprint density at radius 3 is 2.64 bits per heavy atom. The van der Waals surface area contributed by atoms with Gasteiger partial charge in [-0.25, -0.2) is 9.97 Å². The second kappa shape index (κ2) is 11.7. The highest BCUT2D eigenvalue weighted by molar-refractivity contribution is 5.96. The summed E-state index contributed by atoms with van der Waals surface area (Å²) in [6, 6.07) is 12.0. The van der Waals surface area contributed by atoms with Crippen LogP contribution in [0.4, 0.5) is 20.3 Å². The fourth-order valence-corrected chi connectivity index (χ4v) is 4.68. The van der Waals surface area contributed by atoms with Crippen LogP contribution in [-0.4, -0.2) is 83.0 Å². The van der Waals surface area contributed by atoms with Crippen molar-refractivity contribution in [3.63, 3.8) is 0 Å². The first kappa shape index (κ1) is 26.5. The number of alkyl halides is 2. The van der Waals surface area contributed by atoms with Gasteiger partial charge in [0, 0.05) is 75.5 Å². The van der Waals surface area contributed by atoms with Gasteiger partial charge in [0.1, 0.15) is 5.75 Å². The Kier molecular flexibility index (Phi) is 7.99. The Morgan fingerprint density at radius 1 is 1.15 bits per heavy atom. The third kappa shape index (κ3) is 6.15. The van der Waals surface area contributed by atoms with Crippen LogP contribution in [0.15, 0.2) is 61.1 Å². The van der Waals surface area contributed by atoms with Crippen LogP contribution in [-0.2, 0) is 0 Å². The molecular formula is C28H31F2N7O2. The largest absolute Gasteiger partial charge is 0.435 e. The van der Waals surface area contributed by atoms with Crippen molar-refractivity contribution in [3.05, 3.63) is 72.2 Å². The Balaban J connectivity index is 1.29.